The molecule has 116 valence electrons. The standard InChI is InChI=1S/C19H29NO/c1-2-11-20-19(14-18-8-5-12-21-18)17-10-9-15-6-3-4-7-16(15)13-17/h9-10,13,18-20H,2-8,11-12,14H2,1H3. The summed E-state index contributed by atoms with van der Waals surface area (Å²) in [4.78, 5) is 0. The van der Waals surface area contributed by atoms with Crippen LogP contribution in [-0.2, 0) is 17.6 Å². The van der Waals surface area contributed by atoms with Crippen LogP contribution in [0.15, 0.2) is 18.2 Å². The maximum Gasteiger partial charge on any atom is 0.0594 e. The average Bonchev–Trinajstić information content (AvgIpc) is 3.04. The number of hydrogen-bond acceptors (Lipinski definition) is 2. The Morgan fingerprint density at radius 3 is 2.81 bits per heavy atom. The normalized spacial score (nSPS) is 23.0. The monoisotopic (exact) mass is 287 g/mol. The van der Waals surface area contributed by atoms with Gasteiger partial charge in [-0.05, 0) is 74.6 Å². The van der Waals surface area contributed by atoms with E-state index in [2.05, 4.69) is 30.4 Å². The van der Waals surface area contributed by atoms with Crippen LogP contribution >= 0.6 is 0 Å². The van der Waals surface area contributed by atoms with Gasteiger partial charge in [0.2, 0.25) is 0 Å². The van der Waals surface area contributed by atoms with Crippen molar-refractivity contribution >= 4 is 0 Å². The first-order chi connectivity index (χ1) is 10.4. The molecule has 2 unspecified atom stereocenters. The Bertz CT molecular complexity index is 451. The van der Waals surface area contributed by atoms with E-state index < -0.39 is 0 Å². The Morgan fingerprint density at radius 1 is 1.19 bits per heavy atom. The van der Waals surface area contributed by atoms with Crippen molar-refractivity contribution in [3.63, 3.8) is 0 Å². The molecule has 0 bridgehead atoms. The van der Waals surface area contributed by atoms with Gasteiger partial charge in [0.1, 0.15) is 0 Å². The van der Waals surface area contributed by atoms with Crippen LogP contribution in [-0.4, -0.2) is 19.3 Å². The van der Waals surface area contributed by atoms with Crippen LogP contribution in [0.1, 0.15) is 68.2 Å². The van der Waals surface area contributed by atoms with Gasteiger partial charge in [-0.2, -0.15) is 0 Å². The second kappa shape index (κ2) is 7.42. The van der Waals surface area contributed by atoms with Crippen LogP contribution in [0.5, 0.6) is 0 Å². The zero-order valence-corrected chi connectivity index (χ0v) is 13.4. The highest BCUT2D eigenvalue weighted by atomic mass is 16.5. The predicted molar refractivity (Wildman–Crippen MR) is 87.7 cm³/mol. The van der Waals surface area contributed by atoms with Crippen molar-refractivity contribution in [2.75, 3.05) is 13.2 Å². The van der Waals surface area contributed by atoms with E-state index in [1.54, 1.807) is 11.1 Å². The van der Waals surface area contributed by atoms with Crippen molar-refractivity contribution in [2.24, 2.45) is 0 Å². The highest BCUT2D eigenvalue weighted by molar-refractivity contribution is 5.35. The molecule has 1 aliphatic heterocycles. The number of rotatable bonds is 6. The van der Waals surface area contributed by atoms with Crippen molar-refractivity contribution in [2.45, 2.75) is 70.4 Å². The topological polar surface area (TPSA) is 21.3 Å². The molecule has 2 nitrogen and oxygen atoms in total. The van der Waals surface area contributed by atoms with Crippen molar-refractivity contribution in [1.29, 1.82) is 0 Å². The van der Waals surface area contributed by atoms with Gasteiger partial charge in [-0.15, -0.1) is 0 Å². The number of benzene rings is 1. The van der Waals surface area contributed by atoms with E-state index in [9.17, 15) is 0 Å². The van der Waals surface area contributed by atoms with E-state index in [0.717, 1.165) is 19.6 Å². The zero-order valence-electron chi connectivity index (χ0n) is 13.4. The third-order valence-corrected chi connectivity index (χ3v) is 4.94. The molecule has 1 aliphatic carbocycles. The summed E-state index contributed by atoms with van der Waals surface area (Å²) in [6.45, 7) is 4.28. The quantitative estimate of drug-likeness (QED) is 0.847. The molecule has 2 aliphatic rings. The molecule has 0 radical (unpaired) electrons. The molecule has 1 heterocycles. The molecule has 1 N–H and O–H groups in total. The number of aryl methyl sites for hydroxylation is 2. The van der Waals surface area contributed by atoms with Gasteiger partial charge in [-0.25, -0.2) is 0 Å². The minimum absolute atomic E-state index is 0.454. The second-order valence-corrected chi connectivity index (χ2v) is 6.61. The van der Waals surface area contributed by atoms with E-state index in [1.165, 1.54) is 50.5 Å². The van der Waals surface area contributed by atoms with Gasteiger partial charge < -0.3 is 10.1 Å². The smallest absolute Gasteiger partial charge is 0.0594 e. The van der Waals surface area contributed by atoms with Crippen LogP contribution in [0.25, 0.3) is 0 Å². The number of nitrogens with one attached hydrogen (secondary N) is 1. The van der Waals surface area contributed by atoms with Gasteiger partial charge in [0, 0.05) is 12.6 Å². The fraction of sp³-hybridized carbons (Fsp3) is 0.684. The Hall–Kier alpha value is -0.860. The second-order valence-electron chi connectivity index (χ2n) is 6.61. The molecule has 1 aromatic rings. The molecule has 1 aromatic carbocycles. The van der Waals surface area contributed by atoms with Crippen molar-refractivity contribution in [3.05, 3.63) is 34.9 Å². The van der Waals surface area contributed by atoms with Crippen molar-refractivity contribution < 1.29 is 4.74 Å². The summed E-state index contributed by atoms with van der Waals surface area (Å²) >= 11 is 0. The molecular weight excluding hydrogens is 258 g/mol. The van der Waals surface area contributed by atoms with Crippen LogP contribution in [0.2, 0.25) is 0 Å². The summed E-state index contributed by atoms with van der Waals surface area (Å²) in [5.41, 5.74) is 4.64. The third-order valence-electron chi connectivity index (χ3n) is 4.94. The maximum absolute atomic E-state index is 5.86. The minimum atomic E-state index is 0.454. The molecule has 21 heavy (non-hydrogen) atoms. The first kappa shape index (κ1) is 15.1. The molecule has 0 amide bonds. The van der Waals surface area contributed by atoms with Crippen LogP contribution in [0.3, 0.4) is 0 Å². The van der Waals surface area contributed by atoms with E-state index in [4.69, 9.17) is 4.74 Å². The molecule has 0 aromatic heterocycles. The summed E-state index contributed by atoms with van der Waals surface area (Å²) in [7, 11) is 0. The lowest BCUT2D eigenvalue weighted by Crippen LogP contribution is -2.26. The van der Waals surface area contributed by atoms with E-state index in [1.807, 2.05) is 0 Å². The number of hydrogen-bond donors (Lipinski definition) is 1. The van der Waals surface area contributed by atoms with E-state index in [-0.39, 0.29) is 0 Å². The molecule has 0 saturated carbocycles. The maximum atomic E-state index is 5.86. The van der Waals surface area contributed by atoms with Gasteiger partial charge in [0.05, 0.1) is 6.10 Å². The SMILES string of the molecule is CCCNC(CC1CCCO1)c1ccc2c(c1)CCCC2. The van der Waals surface area contributed by atoms with Gasteiger partial charge in [0.25, 0.3) is 0 Å². The highest BCUT2D eigenvalue weighted by Gasteiger charge is 2.22. The lowest BCUT2D eigenvalue weighted by molar-refractivity contribution is 0.0945. The summed E-state index contributed by atoms with van der Waals surface area (Å²) < 4.78 is 5.86. The van der Waals surface area contributed by atoms with E-state index >= 15 is 0 Å². The zero-order chi connectivity index (χ0) is 14.5. The van der Waals surface area contributed by atoms with Gasteiger partial charge in [-0.1, -0.05) is 25.1 Å². The summed E-state index contributed by atoms with van der Waals surface area (Å²) in [5, 5.41) is 3.74. The first-order valence-corrected chi connectivity index (χ1v) is 8.83. The molecule has 2 heteroatoms. The third kappa shape index (κ3) is 3.87. The lowest BCUT2D eigenvalue weighted by atomic mass is 9.88. The average molecular weight is 287 g/mol. The Balaban J connectivity index is 1.74. The summed E-state index contributed by atoms with van der Waals surface area (Å²) in [5.74, 6) is 0. The molecule has 2 atom stereocenters. The Morgan fingerprint density at radius 2 is 2.05 bits per heavy atom. The fourth-order valence-electron chi connectivity index (χ4n) is 3.72. The van der Waals surface area contributed by atoms with Gasteiger partial charge in [0.15, 0.2) is 0 Å². The molecule has 1 fully saturated rings. The summed E-state index contributed by atoms with van der Waals surface area (Å²) in [6.07, 6.45) is 10.5. The molecule has 0 spiro atoms. The minimum Gasteiger partial charge on any atom is -0.378 e. The predicted octanol–water partition coefficient (Wildman–Crippen LogP) is 4.18. The Labute approximate surface area is 129 Å². The molecule has 3 rings (SSSR count). The summed E-state index contributed by atoms with van der Waals surface area (Å²) in [6, 6.07) is 7.66. The Kier molecular flexibility index (Phi) is 5.32. The number of ether oxygens (including phenoxy) is 1. The molecular formula is C19H29NO. The van der Waals surface area contributed by atoms with Crippen molar-refractivity contribution in [1.82, 2.24) is 5.32 Å². The van der Waals surface area contributed by atoms with E-state index in [0.29, 0.717) is 12.1 Å². The number of fused-ring (bicyclic) bond motifs is 1. The van der Waals surface area contributed by atoms with Crippen LogP contribution in [0, 0.1) is 0 Å². The molecule has 1 saturated heterocycles. The lowest BCUT2D eigenvalue weighted by Gasteiger charge is -2.24. The largest absolute Gasteiger partial charge is 0.378 e. The first-order valence-electron chi connectivity index (χ1n) is 8.83. The van der Waals surface area contributed by atoms with Crippen molar-refractivity contribution in [3.8, 4) is 0 Å². The van der Waals surface area contributed by atoms with Gasteiger partial charge >= 0.3 is 0 Å². The highest BCUT2D eigenvalue weighted by Crippen LogP contribution is 2.29. The fourth-order valence-corrected chi connectivity index (χ4v) is 3.72. The van der Waals surface area contributed by atoms with Crippen LogP contribution in [0.4, 0.5) is 0 Å². The van der Waals surface area contributed by atoms with Gasteiger partial charge in [-0.3, -0.25) is 0 Å². The van der Waals surface area contributed by atoms with Crippen LogP contribution < -0.4 is 5.32 Å².